The Morgan fingerprint density at radius 2 is 2.28 bits per heavy atom. The summed E-state index contributed by atoms with van der Waals surface area (Å²) in [6.45, 7) is 2.52. The molecule has 1 aromatic rings. The molecule has 6 heteroatoms. The second-order valence-corrected chi connectivity index (χ2v) is 3.94. The van der Waals surface area contributed by atoms with E-state index in [2.05, 4.69) is 15.6 Å². The van der Waals surface area contributed by atoms with Crippen LogP contribution in [-0.2, 0) is 11.3 Å². The molecule has 6 nitrogen and oxygen atoms in total. The van der Waals surface area contributed by atoms with Gasteiger partial charge in [0.15, 0.2) is 0 Å². The van der Waals surface area contributed by atoms with Crippen LogP contribution in [0.25, 0.3) is 0 Å². The van der Waals surface area contributed by atoms with Gasteiger partial charge in [0.05, 0.1) is 25.4 Å². The van der Waals surface area contributed by atoms with Gasteiger partial charge >= 0.3 is 0 Å². The standard InChI is InChI=1S/C12H19N5O/c13-4-3-6-16-12(18)10-14-5-1-2-8-17-9-7-15-11-17/h7,9,11,14H,1-3,5-6,8,10H2,(H,16,18). The number of aromatic nitrogens is 2. The highest BCUT2D eigenvalue weighted by molar-refractivity contribution is 5.77. The van der Waals surface area contributed by atoms with Gasteiger partial charge in [0.2, 0.25) is 5.91 Å². The average molecular weight is 249 g/mol. The molecule has 0 unspecified atom stereocenters. The van der Waals surface area contributed by atoms with Crippen LogP contribution in [0.4, 0.5) is 0 Å². The fraction of sp³-hybridized carbons (Fsp3) is 0.583. The molecule has 0 atom stereocenters. The highest BCUT2D eigenvalue weighted by Crippen LogP contribution is 1.93. The van der Waals surface area contributed by atoms with E-state index in [1.807, 2.05) is 16.8 Å². The molecule has 18 heavy (non-hydrogen) atoms. The summed E-state index contributed by atoms with van der Waals surface area (Å²) in [7, 11) is 0. The highest BCUT2D eigenvalue weighted by Gasteiger charge is 1.98. The number of carbonyl (C=O) groups is 1. The summed E-state index contributed by atoms with van der Waals surface area (Å²) in [6, 6.07) is 1.98. The summed E-state index contributed by atoms with van der Waals surface area (Å²) in [5.74, 6) is -0.0557. The van der Waals surface area contributed by atoms with Crippen molar-refractivity contribution in [3.63, 3.8) is 0 Å². The summed E-state index contributed by atoms with van der Waals surface area (Å²) < 4.78 is 2.04. The molecule has 0 aliphatic rings. The van der Waals surface area contributed by atoms with Gasteiger partial charge in [-0.1, -0.05) is 0 Å². The Kier molecular flexibility index (Phi) is 7.25. The third-order valence-corrected chi connectivity index (χ3v) is 2.42. The van der Waals surface area contributed by atoms with Gasteiger partial charge in [-0.05, 0) is 19.4 Å². The van der Waals surface area contributed by atoms with E-state index in [9.17, 15) is 4.79 Å². The zero-order chi connectivity index (χ0) is 13.1. The van der Waals surface area contributed by atoms with Gasteiger partial charge in [-0.15, -0.1) is 0 Å². The first kappa shape index (κ1) is 14.2. The van der Waals surface area contributed by atoms with Crippen molar-refractivity contribution >= 4 is 5.91 Å². The first-order valence-corrected chi connectivity index (χ1v) is 6.13. The molecule has 0 aliphatic heterocycles. The largest absolute Gasteiger partial charge is 0.354 e. The number of hydrogen-bond acceptors (Lipinski definition) is 4. The van der Waals surface area contributed by atoms with E-state index in [1.165, 1.54) is 0 Å². The maximum Gasteiger partial charge on any atom is 0.233 e. The van der Waals surface area contributed by atoms with Gasteiger partial charge in [0, 0.05) is 25.5 Å². The predicted octanol–water partition coefficient (Wildman–Crippen LogP) is 0.283. The number of hydrogen-bond donors (Lipinski definition) is 2. The SMILES string of the molecule is N#CCCNC(=O)CNCCCCn1ccnc1. The Bertz CT molecular complexity index is 368. The molecule has 1 heterocycles. The summed E-state index contributed by atoms with van der Waals surface area (Å²) in [4.78, 5) is 15.2. The van der Waals surface area contributed by atoms with E-state index < -0.39 is 0 Å². The Labute approximate surface area is 107 Å². The van der Waals surface area contributed by atoms with Crippen LogP contribution in [-0.4, -0.2) is 35.1 Å². The quantitative estimate of drug-likeness (QED) is 0.616. The topological polar surface area (TPSA) is 82.7 Å². The fourth-order valence-electron chi connectivity index (χ4n) is 1.49. The van der Waals surface area contributed by atoms with Gasteiger partial charge in [-0.2, -0.15) is 5.26 Å². The van der Waals surface area contributed by atoms with Crippen molar-refractivity contribution in [2.45, 2.75) is 25.8 Å². The summed E-state index contributed by atoms with van der Waals surface area (Å²) in [5, 5.41) is 14.0. The number of unbranched alkanes of at least 4 members (excludes halogenated alkanes) is 1. The molecule has 0 fully saturated rings. The smallest absolute Gasteiger partial charge is 0.233 e. The van der Waals surface area contributed by atoms with E-state index in [1.54, 1.807) is 12.5 Å². The van der Waals surface area contributed by atoms with Crippen LogP contribution < -0.4 is 10.6 Å². The third kappa shape index (κ3) is 6.66. The van der Waals surface area contributed by atoms with Crippen LogP contribution >= 0.6 is 0 Å². The molecule has 1 rings (SSSR count). The maximum absolute atomic E-state index is 11.2. The molecule has 1 amide bonds. The van der Waals surface area contributed by atoms with E-state index in [4.69, 9.17) is 5.26 Å². The average Bonchev–Trinajstić information content (AvgIpc) is 2.87. The second-order valence-electron chi connectivity index (χ2n) is 3.94. The first-order chi connectivity index (χ1) is 8.83. The number of aryl methyl sites for hydroxylation is 1. The molecular weight excluding hydrogens is 230 g/mol. The molecular formula is C12H19N5O. The number of rotatable bonds is 9. The van der Waals surface area contributed by atoms with E-state index in [0.717, 1.165) is 25.9 Å². The monoisotopic (exact) mass is 249 g/mol. The Balaban J connectivity index is 1.89. The van der Waals surface area contributed by atoms with E-state index in [-0.39, 0.29) is 5.91 Å². The van der Waals surface area contributed by atoms with Crippen LogP contribution in [0.1, 0.15) is 19.3 Å². The molecule has 98 valence electrons. The normalized spacial score (nSPS) is 9.94. The highest BCUT2D eigenvalue weighted by atomic mass is 16.1. The molecule has 2 N–H and O–H groups in total. The van der Waals surface area contributed by atoms with Gasteiger partial charge in [0.1, 0.15) is 0 Å². The van der Waals surface area contributed by atoms with Crippen molar-refractivity contribution in [2.75, 3.05) is 19.6 Å². The lowest BCUT2D eigenvalue weighted by Crippen LogP contribution is -2.34. The lowest BCUT2D eigenvalue weighted by Gasteiger charge is -2.05. The van der Waals surface area contributed by atoms with Crippen molar-refractivity contribution in [1.29, 1.82) is 5.26 Å². The molecule has 1 aromatic heterocycles. The molecule has 0 radical (unpaired) electrons. The number of amides is 1. The Morgan fingerprint density at radius 3 is 3.00 bits per heavy atom. The second kappa shape index (κ2) is 9.19. The van der Waals surface area contributed by atoms with Crippen molar-refractivity contribution in [2.24, 2.45) is 0 Å². The number of nitriles is 1. The molecule has 0 bridgehead atoms. The zero-order valence-electron chi connectivity index (χ0n) is 10.4. The Hall–Kier alpha value is -1.87. The van der Waals surface area contributed by atoms with Crippen molar-refractivity contribution in [3.05, 3.63) is 18.7 Å². The number of carbonyl (C=O) groups excluding carboxylic acids is 1. The van der Waals surface area contributed by atoms with Crippen molar-refractivity contribution in [1.82, 2.24) is 20.2 Å². The summed E-state index contributed by atoms with van der Waals surface area (Å²) >= 11 is 0. The third-order valence-electron chi connectivity index (χ3n) is 2.42. The molecule has 0 aromatic carbocycles. The molecule has 0 aliphatic carbocycles. The first-order valence-electron chi connectivity index (χ1n) is 6.13. The number of nitrogens with zero attached hydrogens (tertiary/aromatic N) is 3. The minimum Gasteiger partial charge on any atom is -0.354 e. The van der Waals surface area contributed by atoms with Crippen molar-refractivity contribution in [3.8, 4) is 6.07 Å². The van der Waals surface area contributed by atoms with Gasteiger partial charge < -0.3 is 15.2 Å². The minimum absolute atomic E-state index is 0.0557. The molecule has 0 saturated carbocycles. The van der Waals surface area contributed by atoms with Crippen LogP contribution in [0.3, 0.4) is 0 Å². The molecule has 0 spiro atoms. The fourth-order valence-corrected chi connectivity index (χ4v) is 1.49. The van der Waals surface area contributed by atoms with Gasteiger partial charge in [-0.25, -0.2) is 4.98 Å². The summed E-state index contributed by atoms with van der Waals surface area (Å²) in [5.41, 5.74) is 0. The number of nitrogens with one attached hydrogen (secondary N) is 2. The zero-order valence-corrected chi connectivity index (χ0v) is 10.4. The lowest BCUT2D eigenvalue weighted by molar-refractivity contribution is -0.120. The van der Waals surface area contributed by atoms with Crippen LogP contribution in [0.5, 0.6) is 0 Å². The Morgan fingerprint density at radius 1 is 1.39 bits per heavy atom. The van der Waals surface area contributed by atoms with Crippen LogP contribution in [0.15, 0.2) is 18.7 Å². The maximum atomic E-state index is 11.2. The predicted molar refractivity (Wildman–Crippen MR) is 67.6 cm³/mol. The summed E-state index contributed by atoms with van der Waals surface area (Å²) in [6.07, 6.45) is 7.94. The van der Waals surface area contributed by atoms with E-state index >= 15 is 0 Å². The van der Waals surface area contributed by atoms with Gasteiger partial charge in [-0.3, -0.25) is 4.79 Å². The number of imidazole rings is 1. The minimum atomic E-state index is -0.0557. The van der Waals surface area contributed by atoms with Gasteiger partial charge in [0.25, 0.3) is 0 Å². The van der Waals surface area contributed by atoms with Crippen molar-refractivity contribution < 1.29 is 4.79 Å². The van der Waals surface area contributed by atoms with Crippen LogP contribution in [0, 0.1) is 11.3 Å². The van der Waals surface area contributed by atoms with Crippen LogP contribution in [0.2, 0.25) is 0 Å². The lowest BCUT2D eigenvalue weighted by atomic mass is 10.3. The van der Waals surface area contributed by atoms with E-state index in [0.29, 0.717) is 19.5 Å². The molecule has 0 saturated heterocycles.